The van der Waals surface area contributed by atoms with E-state index in [4.69, 9.17) is 9.15 Å². The number of imidazole rings is 1. The van der Waals surface area contributed by atoms with Crippen LogP contribution in [0.25, 0.3) is 0 Å². The van der Waals surface area contributed by atoms with Crippen molar-refractivity contribution in [1.82, 2.24) is 19.8 Å². The number of furan rings is 1. The number of likely N-dealkylation sites (tertiary alicyclic amines) is 1. The lowest BCUT2D eigenvalue weighted by Gasteiger charge is -2.49. The highest BCUT2D eigenvalue weighted by molar-refractivity contribution is 5.96. The van der Waals surface area contributed by atoms with Crippen LogP contribution < -0.4 is 5.32 Å². The molecule has 8 heteroatoms. The van der Waals surface area contributed by atoms with Crippen molar-refractivity contribution in [2.45, 2.75) is 44.7 Å². The number of ether oxygens (including phenoxy) is 1. The second-order valence-corrected chi connectivity index (χ2v) is 8.67. The zero-order valence-corrected chi connectivity index (χ0v) is 16.8. The molecule has 0 radical (unpaired) electrons. The number of nitrogens with zero attached hydrogens (tertiary/aromatic N) is 3. The van der Waals surface area contributed by atoms with Crippen LogP contribution in [0.2, 0.25) is 0 Å². The summed E-state index contributed by atoms with van der Waals surface area (Å²) in [6.45, 7) is 5.75. The SMILES string of the molecule is Cc1coc(C)c1C(=O)NC1CC2(CN(C(=O)COCC3CC3)C2)n2ccnc21. The number of aromatic nitrogens is 2. The van der Waals surface area contributed by atoms with Gasteiger partial charge in [0.2, 0.25) is 5.91 Å². The van der Waals surface area contributed by atoms with Gasteiger partial charge in [-0.3, -0.25) is 9.59 Å². The van der Waals surface area contributed by atoms with Gasteiger partial charge in [-0.25, -0.2) is 4.98 Å². The van der Waals surface area contributed by atoms with Gasteiger partial charge < -0.3 is 23.9 Å². The predicted molar refractivity (Wildman–Crippen MR) is 103 cm³/mol. The Morgan fingerprint density at radius 2 is 2.14 bits per heavy atom. The van der Waals surface area contributed by atoms with E-state index < -0.39 is 0 Å². The lowest BCUT2D eigenvalue weighted by Crippen LogP contribution is -2.63. The molecule has 2 aromatic heterocycles. The molecule has 1 N–H and O–H groups in total. The summed E-state index contributed by atoms with van der Waals surface area (Å²) < 4.78 is 13.0. The summed E-state index contributed by atoms with van der Waals surface area (Å²) in [7, 11) is 0. The summed E-state index contributed by atoms with van der Waals surface area (Å²) in [5.74, 6) is 2.00. The van der Waals surface area contributed by atoms with Crippen molar-refractivity contribution in [2.24, 2.45) is 5.92 Å². The smallest absolute Gasteiger partial charge is 0.255 e. The summed E-state index contributed by atoms with van der Waals surface area (Å²) in [6.07, 6.45) is 8.46. The van der Waals surface area contributed by atoms with Crippen molar-refractivity contribution in [2.75, 3.05) is 26.3 Å². The number of aryl methyl sites for hydroxylation is 2. The molecule has 29 heavy (non-hydrogen) atoms. The highest BCUT2D eigenvalue weighted by Crippen LogP contribution is 2.44. The minimum absolute atomic E-state index is 0.0371. The van der Waals surface area contributed by atoms with Crippen LogP contribution in [0.4, 0.5) is 0 Å². The van der Waals surface area contributed by atoms with Gasteiger partial charge in [0.25, 0.3) is 5.91 Å². The number of rotatable bonds is 6. The molecule has 1 atom stereocenters. The Labute approximate surface area is 169 Å². The Hall–Kier alpha value is -2.61. The number of hydrogen-bond donors (Lipinski definition) is 1. The Kier molecular flexibility index (Phi) is 4.27. The van der Waals surface area contributed by atoms with E-state index in [1.54, 1.807) is 19.4 Å². The second kappa shape index (κ2) is 6.73. The molecular formula is C21H26N4O4. The van der Waals surface area contributed by atoms with Crippen LogP contribution in [-0.4, -0.2) is 52.6 Å². The first-order chi connectivity index (χ1) is 14.0. The van der Waals surface area contributed by atoms with Crippen molar-refractivity contribution in [3.05, 3.63) is 41.4 Å². The molecule has 8 nitrogen and oxygen atoms in total. The monoisotopic (exact) mass is 398 g/mol. The first-order valence-electron chi connectivity index (χ1n) is 10.2. The van der Waals surface area contributed by atoms with Crippen LogP contribution in [0, 0.1) is 19.8 Å². The Bertz CT molecular complexity index is 932. The summed E-state index contributed by atoms with van der Waals surface area (Å²) in [4.78, 5) is 31.5. The number of carbonyl (C=O) groups excluding carboxylic acids is 2. The van der Waals surface area contributed by atoms with Gasteiger partial charge in [0.15, 0.2) is 0 Å². The number of amides is 2. The molecule has 154 valence electrons. The van der Waals surface area contributed by atoms with Gasteiger partial charge in [-0.1, -0.05) is 0 Å². The summed E-state index contributed by atoms with van der Waals surface area (Å²) in [6, 6.07) is -0.186. The van der Waals surface area contributed by atoms with Crippen LogP contribution in [0.1, 0.15) is 52.8 Å². The molecule has 2 aliphatic heterocycles. The van der Waals surface area contributed by atoms with Crippen LogP contribution in [0.15, 0.2) is 23.1 Å². The quantitative estimate of drug-likeness (QED) is 0.803. The average Bonchev–Trinajstić information content (AvgIpc) is 3.09. The Morgan fingerprint density at radius 1 is 1.34 bits per heavy atom. The van der Waals surface area contributed by atoms with E-state index in [1.165, 1.54) is 12.8 Å². The second-order valence-electron chi connectivity index (χ2n) is 8.67. The molecule has 1 unspecified atom stereocenters. The van der Waals surface area contributed by atoms with E-state index in [1.807, 2.05) is 18.0 Å². The largest absolute Gasteiger partial charge is 0.469 e. The van der Waals surface area contributed by atoms with Crippen molar-refractivity contribution in [3.63, 3.8) is 0 Å². The van der Waals surface area contributed by atoms with Crippen molar-refractivity contribution in [1.29, 1.82) is 0 Å². The zero-order valence-electron chi connectivity index (χ0n) is 16.8. The molecule has 3 aliphatic rings. The average molecular weight is 398 g/mol. The molecule has 0 aromatic carbocycles. The van der Waals surface area contributed by atoms with E-state index in [9.17, 15) is 9.59 Å². The van der Waals surface area contributed by atoms with Gasteiger partial charge >= 0.3 is 0 Å². The minimum atomic E-state index is -0.198. The van der Waals surface area contributed by atoms with E-state index in [0.29, 0.717) is 36.9 Å². The molecule has 1 aliphatic carbocycles. The third-order valence-corrected chi connectivity index (χ3v) is 6.37. The maximum absolute atomic E-state index is 12.8. The predicted octanol–water partition coefficient (Wildman–Crippen LogP) is 1.93. The van der Waals surface area contributed by atoms with E-state index in [0.717, 1.165) is 17.8 Å². The van der Waals surface area contributed by atoms with Crippen LogP contribution in [-0.2, 0) is 15.1 Å². The van der Waals surface area contributed by atoms with E-state index in [-0.39, 0.29) is 30.0 Å². The normalized spacial score (nSPS) is 21.9. The summed E-state index contributed by atoms with van der Waals surface area (Å²) in [5, 5.41) is 3.12. The lowest BCUT2D eigenvalue weighted by atomic mass is 9.86. The van der Waals surface area contributed by atoms with Gasteiger partial charge in [0, 0.05) is 37.5 Å². The van der Waals surface area contributed by atoms with Gasteiger partial charge in [-0.2, -0.15) is 0 Å². The third kappa shape index (κ3) is 3.15. The van der Waals surface area contributed by atoms with Crippen molar-refractivity contribution >= 4 is 11.8 Å². The fraction of sp³-hybridized carbons (Fsp3) is 0.571. The van der Waals surface area contributed by atoms with Crippen LogP contribution in [0.3, 0.4) is 0 Å². The van der Waals surface area contributed by atoms with E-state index in [2.05, 4.69) is 14.9 Å². The highest BCUT2D eigenvalue weighted by Gasteiger charge is 2.53. The van der Waals surface area contributed by atoms with Crippen molar-refractivity contribution in [3.8, 4) is 0 Å². The van der Waals surface area contributed by atoms with Gasteiger partial charge in [-0.15, -0.1) is 0 Å². The maximum Gasteiger partial charge on any atom is 0.255 e. The number of nitrogens with one attached hydrogen (secondary N) is 1. The topological polar surface area (TPSA) is 89.6 Å². The summed E-state index contributed by atoms with van der Waals surface area (Å²) in [5.41, 5.74) is 1.21. The first-order valence-corrected chi connectivity index (χ1v) is 10.2. The summed E-state index contributed by atoms with van der Waals surface area (Å²) >= 11 is 0. The molecule has 5 rings (SSSR count). The zero-order chi connectivity index (χ0) is 20.2. The molecule has 2 aromatic rings. The first kappa shape index (κ1) is 18.4. The standard InChI is InChI=1S/C21H26N4O4/c1-13-8-29-14(2)18(13)20(27)23-16-7-21(25-6-5-22-19(16)25)11-24(12-21)17(26)10-28-9-15-3-4-15/h5-6,8,15-16H,3-4,7,9-12H2,1-2H3,(H,23,27). The molecule has 2 fully saturated rings. The highest BCUT2D eigenvalue weighted by atomic mass is 16.5. The third-order valence-electron chi connectivity index (χ3n) is 6.37. The fourth-order valence-corrected chi connectivity index (χ4v) is 4.61. The minimum Gasteiger partial charge on any atom is -0.469 e. The molecule has 1 spiro atoms. The fourth-order valence-electron chi connectivity index (χ4n) is 4.61. The molecular weight excluding hydrogens is 372 g/mol. The number of fused-ring (bicyclic) bond motifs is 2. The Morgan fingerprint density at radius 3 is 2.83 bits per heavy atom. The molecule has 0 bridgehead atoms. The number of carbonyl (C=O) groups is 2. The molecule has 1 saturated heterocycles. The van der Waals surface area contributed by atoms with Crippen LogP contribution in [0.5, 0.6) is 0 Å². The molecule has 4 heterocycles. The van der Waals surface area contributed by atoms with Gasteiger partial charge in [0.05, 0.1) is 30.0 Å². The van der Waals surface area contributed by atoms with Gasteiger partial charge in [0.1, 0.15) is 18.2 Å². The van der Waals surface area contributed by atoms with Crippen molar-refractivity contribution < 1.29 is 18.7 Å². The lowest BCUT2D eigenvalue weighted by molar-refractivity contribution is -0.147. The van der Waals surface area contributed by atoms with Gasteiger partial charge in [-0.05, 0) is 32.6 Å². The molecule has 1 saturated carbocycles. The van der Waals surface area contributed by atoms with Crippen LogP contribution >= 0.6 is 0 Å². The number of hydrogen-bond acceptors (Lipinski definition) is 5. The Balaban J connectivity index is 1.23. The molecule has 2 amide bonds. The van der Waals surface area contributed by atoms with E-state index >= 15 is 0 Å². The maximum atomic E-state index is 12.8.